The Hall–Kier alpha value is -1.42. The second-order valence-electron chi connectivity index (χ2n) is 5.20. The second kappa shape index (κ2) is 6.66. The van der Waals surface area contributed by atoms with E-state index in [1.54, 1.807) is 14.2 Å². The van der Waals surface area contributed by atoms with E-state index in [0.29, 0.717) is 0 Å². The Morgan fingerprint density at radius 2 is 1.84 bits per heavy atom. The van der Waals surface area contributed by atoms with Gasteiger partial charge in [0.25, 0.3) is 0 Å². The lowest BCUT2D eigenvalue weighted by atomic mass is 9.97. The van der Waals surface area contributed by atoms with Crippen molar-refractivity contribution in [3.05, 3.63) is 18.2 Å². The highest BCUT2D eigenvalue weighted by Gasteiger charge is 2.16. The Morgan fingerprint density at radius 1 is 1.16 bits per heavy atom. The highest BCUT2D eigenvalue weighted by atomic mass is 16.5. The summed E-state index contributed by atoms with van der Waals surface area (Å²) in [7, 11) is 5.51. The number of hydrogen-bond acceptors (Lipinski definition) is 4. The van der Waals surface area contributed by atoms with Gasteiger partial charge >= 0.3 is 0 Å². The van der Waals surface area contributed by atoms with Gasteiger partial charge in [-0.2, -0.15) is 0 Å². The zero-order valence-electron chi connectivity index (χ0n) is 12.1. The fourth-order valence-corrected chi connectivity index (χ4v) is 2.47. The molecule has 4 heteroatoms. The first-order valence-electron chi connectivity index (χ1n) is 6.87. The van der Waals surface area contributed by atoms with Crippen molar-refractivity contribution in [1.82, 2.24) is 4.90 Å². The predicted octanol–water partition coefficient (Wildman–Crippen LogP) is 2.46. The van der Waals surface area contributed by atoms with Gasteiger partial charge in [0.15, 0.2) is 11.5 Å². The summed E-state index contributed by atoms with van der Waals surface area (Å²) in [5.41, 5.74) is 1.09. The van der Waals surface area contributed by atoms with E-state index in [1.807, 2.05) is 18.2 Å². The molecule has 1 aromatic rings. The Bertz CT molecular complexity index is 401. The summed E-state index contributed by atoms with van der Waals surface area (Å²) in [5.74, 6) is 2.31. The molecule has 106 valence electrons. The Morgan fingerprint density at radius 3 is 2.47 bits per heavy atom. The number of methoxy groups -OCH3 is 2. The molecule has 1 N–H and O–H groups in total. The standard InChI is InChI=1S/C15H24N2O2/c1-17-8-6-12(7-9-17)11-16-13-4-5-14(18-2)15(10-13)19-3/h4-5,10,12,16H,6-9,11H2,1-3H3. The Labute approximate surface area is 115 Å². The molecule has 0 atom stereocenters. The van der Waals surface area contributed by atoms with Crippen LogP contribution in [0, 0.1) is 5.92 Å². The first-order valence-corrected chi connectivity index (χ1v) is 6.87. The fourth-order valence-electron chi connectivity index (χ4n) is 2.47. The van der Waals surface area contributed by atoms with Crippen LogP contribution in [-0.4, -0.2) is 45.8 Å². The third-order valence-electron chi connectivity index (χ3n) is 3.82. The summed E-state index contributed by atoms with van der Waals surface area (Å²) in [6.07, 6.45) is 2.55. The molecule has 1 aromatic carbocycles. The summed E-state index contributed by atoms with van der Waals surface area (Å²) < 4.78 is 10.6. The molecule has 0 amide bonds. The maximum absolute atomic E-state index is 5.31. The molecule has 1 saturated heterocycles. The molecule has 0 aliphatic carbocycles. The van der Waals surface area contributed by atoms with Crippen LogP contribution in [0.1, 0.15) is 12.8 Å². The van der Waals surface area contributed by atoms with Gasteiger partial charge < -0.3 is 19.7 Å². The molecule has 0 bridgehead atoms. The van der Waals surface area contributed by atoms with E-state index in [2.05, 4.69) is 17.3 Å². The zero-order chi connectivity index (χ0) is 13.7. The van der Waals surface area contributed by atoms with E-state index < -0.39 is 0 Å². The predicted molar refractivity (Wildman–Crippen MR) is 78.3 cm³/mol. The molecule has 2 rings (SSSR count). The number of anilines is 1. The van der Waals surface area contributed by atoms with Crippen LogP contribution in [0.25, 0.3) is 0 Å². The molecular weight excluding hydrogens is 240 g/mol. The average Bonchev–Trinajstić information content (AvgIpc) is 2.46. The van der Waals surface area contributed by atoms with E-state index in [1.165, 1.54) is 25.9 Å². The number of likely N-dealkylation sites (tertiary alicyclic amines) is 1. The van der Waals surface area contributed by atoms with E-state index in [4.69, 9.17) is 9.47 Å². The topological polar surface area (TPSA) is 33.7 Å². The molecule has 1 aliphatic rings. The fraction of sp³-hybridized carbons (Fsp3) is 0.600. The van der Waals surface area contributed by atoms with Crippen LogP contribution in [0.15, 0.2) is 18.2 Å². The third-order valence-corrected chi connectivity index (χ3v) is 3.82. The molecular formula is C15H24N2O2. The minimum atomic E-state index is 0.768. The molecule has 0 spiro atoms. The molecule has 0 radical (unpaired) electrons. The number of piperidine rings is 1. The van der Waals surface area contributed by atoms with E-state index >= 15 is 0 Å². The first kappa shape index (κ1) is 14.0. The number of nitrogens with zero attached hydrogens (tertiary/aromatic N) is 1. The molecule has 0 unspecified atom stereocenters. The molecule has 0 aromatic heterocycles. The minimum Gasteiger partial charge on any atom is -0.493 e. The van der Waals surface area contributed by atoms with Gasteiger partial charge in [0.2, 0.25) is 0 Å². The summed E-state index contributed by atoms with van der Waals surface area (Å²) in [6, 6.07) is 5.97. The number of benzene rings is 1. The van der Waals surface area contributed by atoms with Crippen LogP contribution < -0.4 is 14.8 Å². The lowest BCUT2D eigenvalue weighted by Crippen LogP contribution is -2.32. The van der Waals surface area contributed by atoms with Crippen LogP contribution in [0.5, 0.6) is 11.5 Å². The van der Waals surface area contributed by atoms with E-state index in [-0.39, 0.29) is 0 Å². The summed E-state index contributed by atoms with van der Waals surface area (Å²) in [5, 5.41) is 3.50. The quantitative estimate of drug-likeness (QED) is 0.886. The number of rotatable bonds is 5. The normalized spacial score (nSPS) is 17.2. The second-order valence-corrected chi connectivity index (χ2v) is 5.20. The van der Waals surface area contributed by atoms with Crippen molar-refractivity contribution in [2.45, 2.75) is 12.8 Å². The molecule has 0 saturated carbocycles. The van der Waals surface area contributed by atoms with Crippen LogP contribution in [0.4, 0.5) is 5.69 Å². The minimum absolute atomic E-state index is 0.768. The van der Waals surface area contributed by atoms with Crippen molar-refractivity contribution < 1.29 is 9.47 Å². The summed E-state index contributed by atoms with van der Waals surface area (Å²) >= 11 is 0. The molecule has 19 heavy (non-hydrogen) atoms. The van der Waals surface area contributed by atoms with Crippen LogP contribution in [-0.2, 0) is 0 Å². The SMILES string of the molecule is COc1ccc(NCC2CCN(C)CC2)cc1OC. The van der Waals surface area contributed by atoms with E-state index in [0.717, 1.165) is 29.6 Å². The van der Waals surface area contributed by atoms with Crippen molar-refractivity contribution >= 4 is 5.69 Å². The summed E-state index contributed by atoms with van der Waals surface area (Å²) in [4.78, 5) is 2.40. The van der Waals surface area contributed by atoms with Gasteiger partial charge in [-0.05, 0) is 51.0 Å². The summed E-state index contributed by atoms with van der Waals surface area (Å²) in [6.45, 7) is 3.44. The van der Waals surface area contributed by atoms with Crippen molar-refractivity contribution in [3.8, 4) is 11.5 Å². The van der Waals surface area contributed by atoms with Crippen LogP contribution >= 0.6 is 0 Å². The van der Waals surface area contributed by atoms with Gasteiger partial charge in [0.1, 0.15) is 0 Å². The largest absolute Gasteiger partial charge is 0.493 e. The third kappa shape index (κ3) is 3.77. The van der Waals surface area contributed by atoms with Gasteiger partial charge in [0.05, 0.1) is 14.2 Å². The molecule has 1 fully saturated rings. The maximum Gasteiger partial charge on any atom is 0.162 e. The monoisotopic (exact) mass is 264 g/mol. The lowest BCUT2D eigenvalue weighted by Gasteiger charge is -2.29. The smallest absolute Gasteiger partial charge is 0.162 e. The van der Waals surface area contributed by atoms with Crippen molar-refractivity contribution in [2.24, 2.45) is 5.92 Å². The number of hydrogen-bond donors (Lipinski definition) is 1. The first-order chi connectivity index (χ1) is 9.22. The van der Waals surface area contributed by atoms with Gasteiger partial charge in [-0.25, -0.2) is 0 Å². The van der Waals surface area contributed by atoms with Gasteiger partial charge in [-0.15, -0.1) is 0 Å². The van der Waals surface area contributed by atoms with Crippen molar-refractivity contribution in [3.63, 3.8) is 0 Å². The van der Waals surface area contributed by atoms with Crippen LogP contribution in [0.3, 0.4) is 0 Å². The van der Waals surface area contributed by atoms with Crippen molar-refractivity contribution in [2.75, 3.05) is 46.2 Å². The molecule has 1 heterocycles. The Balaban J connectivity index is 1.89. The number of ether oxygens (including phenoxy) is 2. The number of nitrogens with one attached hydrogen (secondary N) is 1. The zero-order valence-corrected chi connectivity index (χ0v) is 12.1. The maximum atomic E-state index is 5.31. The molecule has 4 nitrogen and oxygen atoms in total. The van der Waals surface area contributed by atoms with Gasteiger partial charge in [-0.1, -0.05) is 0 Å². The van der Waals surface area contributed by atoms with E-state index in [9.17, 15) is 0 Å². The van der Waals surface area contributed by atoms with Crippen LogP contribution in [0.2, 0.25) is 0 Å². The van der Waals surface area contributed by atoms with Gasteiger partial charge in [-0.3, -0.25) is 0 Å². The molecule has 1 aliphatic heterocycles. The highest BCUT2D eigenvalue weighted by Crippen LogP contribution is 2.30. The van der Waals surface area contributed by atoms with Gasteiger partial charge in [0, 0.05) is 18.3 Å². The lowest BCUT2D eigenvalue weighted by molar-refractivity contribution is 0.226. The average molecular weight is 264 g/mol. The highest BCUT2D eigenvalue weighted by molar-refractivity contribution is 5.54. The van der Waals surface area contributed by atoms with Crippen molar-refractivity contribution in [1.29, 1.82) is 0 Å². The Kier molecular flexibility index (Phi) is 4.91.